The molecule has 1 aliphatic rings. The molecule has 1 aromatic heterocycles. The van der Waals surface area contributed by atoms with Gasteiger partial charge in [-0.25, -0.2) is 0 Å². The smallest absolute Gasteiger partial charge is 0.289 e. The molecule has 0 unspecified atom stereocenters. The van der Waals surface area contributed by atoms with Crippen molar-refractivity contribution in [2.45, 2.75) is 52.0 Å². The second-order valence-corrected chi connectivity index (χ2v) is 9.66. The quantitative estimate of drug-likeness (QED) is 0.411. The Morgan fingerprint density at radius 1 is 0.943 bits per heavy atom. The fourth-order valence-electron chi connectivity index (χ4n) is 4.53. The number of amides is 1. The third kappa shape index (κ3) is 5.02. The molecule has 0 saturated carbocycles. The summed E-state index contributed by atoms with van der Waals surface area (Å²) in [4.78, 5) is 15.1. The maximum absolute atomic E-state index is 13.3. The van der Waals surface area contributed by atoms with Crippen LogP contribution in [0.3, 0.4) is 0 Å². The lowest BCUT2D eigenvalue weighted by Crippen LogP contribution is -2.35. The molecule has 6 nitrogen and oxygen atoms in total. The number of ether oxygens (including phenoxy) is 3. The summed E-state index contributed by atoms with van der Waals surface area (Å²) in [5, 5.41) is 0. The second kappa shape index (κ2) is 10.1. The van der Waals surface area contributed by atoms with Crippen LogP contribution in [0.4, 0.5) is 0 Å². The molecule has 1 amide bonds. The molecule has 1 aliphatic heterocycles. The van der Waals surface area contributed by atoms with Gasteiger partial charge in [-0.15, -0.1) is 0 Å². The average Bonchev–Trinajstić information content (AvgIpc) is 3.35. The molecular weight excluding hydrogens is 442 g/mol. The molecule has 4 rings (SSSR count). The number of furan rings is 1. The van der Waals surface area contributed by atoms with Gasteiger partial charge in [-0.2, -0.15) is 0 Å². The summed E-state index contributed by atoms with van der Waals surface area (Å²) < 4.78 is 22.5. The molecule has 186 valence electrons. The lowest BCUT2D eigenvalue weighted by Gasteiger charge is -2.29. The number of rotatable bonds is 8. The molecular formula is C29H35NO5. The third-order valence-corrected chi connectivity index (χ3v) is 7.19. The van der Waals surface area contributed by atoms with E-state index < -0.39 is 0 Å². The van der Waals surface area contributed by atoms with Crippen LogP contribution in [-0.4, -0.2) is 38.7 Å². The van der Waals surface area contributed by atoms with Crippen LogP contribution in [-0.2, 0) is 24.8 Å². The molecule has 0 aliphatic carbocycles. The minimum Gasteiger partial charge on any atom is -0.496 e. The largest absolute Gasteiger partial charge is 0.496 e. The summed E-state index contributed by atoms with van der Waals surface area (Å²) in [6.07, 6.45) is 2.35. The molecule has 0 spiro atoms. The van der Waals surface area contributed by atoms with Crippen molar-refractivity contribution in [3.8, 4) is 17.2 Å². The minimum atomic E-state index is -0.107. The van der Waals surface area contributed by atoms with Gasteiger partial charge in [0, 0.05) is 25.1 Å². The van der Waals surface area contributed by atoms with Crippen LogP contribution in [0.1, 0.15) is 65.8 Å². The zero-order chi connectivity index (χ0) is 25.2. The monoisotopic (exact) mass is 477 g/mol. The van der Waals surface area contributed by atoms with Crippen LogP contribution in [0.25, 0.3) is 0 Å². The van der Waals surface area contributed by atoms with Crippen molar-refractivity contribution in [2.75, 3.05) is 27.9 Å². The number of benzene rings is 2. The van der Waals surface area contributed by atoms with Crippen LogP contribution in [0.5, 0.6) is 17.2 Å². The van der Waals surface area contributed by atoms with Crippen molar-refractivity contribution < 1.29 is 23.4 Å². The maximum Gasteiger partial charge on any atom is 0.289 e. The first-order valence-corrected chi connectivity index (χ1v) is 12.1. The van der Waals surface area contributed by atoms with Crippen molar-refractivity contribution >= 4 is 5.91 Å². The Labute approximate surface area is 207 Å². The highest BCUT2D eigenvalue weighted by Gasteiger charge is 2.26. The predicted molar refractivity (Wildman–Crippen MR) is 136 cm³/mol. The first-order valence-electron chi connectivity index (χ1n) is 12.1. The maximum atomic E-state index is 13.3. The Balaban J connectivity index is 1.52. The summed E-state index contributed by atoms with van der Waals surface area (Å²) in [5.41, 5.74) is 4.62. The van der Waals surface area contributed by atoms with Gasteiger partial charge in [0.05, 0.1) is 21.3 Å². The first-order chi connectivity index (χ1) is 16.8. The van der Waals surface area contributed by atoms with Crippen LogP contribution >= 0.6 is 0 Å². The fourth-order valence-corrected chi connectivity index (χ4v) is 4.53. The zero-order valence-electron chi connectivity index (χ0n) is 21.6. The summed E-state index contributed by atoms with van der Waals surface area (Å²) >= 11 is 0. The topological polar surface area (TPSA) is 61.1 Å². The molecule has 2 heterocycles. The standard InChI is InChI=1S/C29H35NO5/c1-7-29(2,3)22-8-10-24(32-4)20(14-22)15-23-9-11-25(35-23)28(31)30-13-12-19-16-26(33-5)27(34-6)17-21(19)18-30/h8-11,14,16-17H,7,12-13,15,18H2,1-6H3. The van der Waals surface area contributed by atoms with Crippen molar-refractivity contribution in [3.63, 3.8) is 0 Å². The molecule has 0 saturated heterocycles. The lowest BCUT2D eigenvalue weighted by molar-refractivity contribution is 0.0700. The van der Waals surface area contributed by atoms with Crippen molar-refractivity contribution in [2.24, 2.45) is 0 Å². The van der Waals surface area contributed by atoms with E-state index in [1.807, 2.05) is 29.2 Å². The van der Waals surface area contributed by atoms with Gasteiger partial charge < -0.3 is 23.5 Å². The fraction of sp³-hybridized carbons (Fsp3) is 0.414. The van der Waals surface area contributed by atoms with E-state index in [0.717, 1.165) is 35.5 Å². The number of hydrogen-bond acceptors (Lipinski definition) is 5. The van der Waals surface area contributed by atoms with Crippen LogP contribution in [0.15, 0.2) is 46.9 Å². The van der Waals surface area contributed by atoms with E-state index in [1.54, 1.807) is 27.4 Å². The molecule has 0 fully saturated rings. The number of methoxy groups -OCH3 is 3. The second-order valence-electron chi connectivity index (χ2n) is 9.66. The Bertz CT molecular complexity index is 1210. The van der Waals surface area contributed by atoms with Gasteiger partial charge in [0.2, 0.25) is 0 Å². The summed E-state index contributed by atoms with van der Waals surface area (Å²) in [6, 6.07) is 14.0. The minimum absolute atomic E-state index is 0.0720. The molecule has 3 aromatic rings. The summed E-state index contributed by atoms with van der Waals surface area (Å²) in [6.45, 7) is 7.81. The SMILES string of the molecule is CCC(C)(C)c1ccc(OC)c(Cc2ccc(C(=O)N3CCc4cc(OC)c(OC)cc4C3)o2)c1. The highest BCUT2D eigenvalue weighted by atomic mass is 16.5. The molecule has 0 bridgehead atoms. The van der Waals surface area contributed by atoms with Gasteiger partial charge in [-0.1, -0.05) is 32.9 Å². The lowest BCUT2D eigenvalue weighted by atomic mass is 9.81. The molecule has 0 N–H and O–H groups in total. The molecule has 2 aromatic carbocycles. The Hall–Kier alpha value is -3.41. The third-order valence-electron chi connectivity index (χ3n) is 7.19. The number of nitrogens with zero attached hydrogens (tertiary/aromatic N) is 1. The van der Waals surface area contributed by atoms with E-state index in [0.29, 0.717) is 36.8 Å². The number of fused-ring (bicyclic) bond motifs is 1. The van der Waals surface area contributed by atoms with Gasteiger partial charge in [-0.3, -0.25) is 4.79 Å². The van der Waals surface area contributed by atoms with Gasteiger partial charge in [0.25, 0.3) is 5.91 Å². The Morgan fingerprint density at radius 3 is 2.29 bits per heavy atom. The van der Waals surface area contributed by atoms with Gasteiger partial charge >= 0.3 is 0 Å². The molecule has 35 heavy (non-hydrogen) atoms. The molecule has 0 radical (unpaired) electrons. The Morgan fingerprint density at radius 2 is 1.63 bits per heavy atom. The van der Waals surface area contributed by atoms with E-state index in [9.17, 15) is 4.79 Å². The first kappa shape index (κ1) is 24.7. The zero-order valence-corrected chi connectivity index (χ0v) is 21.6. The number of carbonyl (C=O) groups excluding carboxylic acids is 1. The van der Waals surface area contributed by atoms with E-state index >= 15 is 0 Å². The normalized spacial score (nSPS) is 13.4. The van der Waals surface area contributed by atoms with Gasteiger partial charge in [0.1, 0.15) is 11.5 Å². The van der Waals surface area contributed by atoms with Crippen LogP contribution in [0, 0.1) is 0 Å². The van der Waals surface area contributed by atoms with Gasteiger partial charge in [0.15, 0.2) is 17.3 Å². The van der Waals surface area contributed by atoms with Crippen molar-refractivity contribution in [1.29, 1.82) is 0 Å². The molecule has 0 atom stereocenters. The Kier molecular flexibility index (Phi) is 7.10. The highest BCUT2D eigenvalue weighted by molar-refractivity contribution is 5.91. The van der Waals surface area contributed by atoms with Crippen molar-refractivity contribution in [3.05, 3.63) is 76.2 Å². The van der Waals surface area contributed by atoms with E-state index in [-0.39, 0.29) is 11.3 Å². The highest BCUT2D eigenvalue weighted by Crippen LogP contribution is 2.34. The van der Waals surface area contributed by atoms with Crippen LogP contribution in [0.2, 0.25) is 0 Å². The van der Waals surface area contributed by atoms with E-state index in [4.69, 9.17) is 18.6 Å². The number of hydrogen-bond donors (Lipinski definition) is 0. The summed E-state index contributed by atoms with van der Waals surface area (Å²) in [7, 11) is 4.93. The predicted octanol–water partition coefficient (Wildman–Crippen LogP) is 5.78. The molecule has 6 heteroatoms. The van der Waals surface area contributed by atoms with Crippen molar-refractivity contribution in [1.82, 2.24) is 4.90 Å². The van der Waals surface area contributed by atoms with E-state index in [2.05, 4.69) is 32.9 Å². The van der Waals surface area contributed by atoms with E-state index in [1.165, 1.54) is 11.1 Å². The number of carbonyl (C=O) groups is 1. The van der Waals surface area contributed by atoms with Gasteiger partial charge in [-0.05, 0) is 65.3 Å². The summed E-state index contributed by atoms with van der Waals surface area (Å²) in [5.74, 6) is 3.19. The van der Waals surface area contributed by atoms with Crippen LogP contribution < -0.4 is 14.2 Å². The average molecular weight is 478 g/mol.